The molecule has 1 amide bonds. The number of benzene rings is 3. The number of halogens is 1. The average Bonchev–Trinajstić information content (AvgIpc) is 2.92. The van der Waals surface area contributed by atoms with Gasteiger partial charge in [0.15, 0.2) is 11.4 Å². The SMILES string of the molecule is Nc1cccc(C(=O)C[C@@]2(O)C(=O)N(Cc3ccc(Cl)cc3)c3ccccc32)c1. The van der Waals surface area contributed by atoms with Crippen LogP contribution in [0.3, 0.4) is 0 Å². The maximum Gasteiger partial charge on any atom is 0.264 e. The van der Waals surface area contributed by atoms with Crippen LogP contribution in [0.1, 0.15) is 27.9 Å². The molecule has 0 radical (unpaired) electrons. The van der Waals surface area contributed by atoms with E-state index < -0.39 is 11.5 Å². The van der Waals surface area contributed by atoms with E-state index in [0.29, 0.717) is 27.5 Å². The Bertz CT molecular complexity index is 1100. The second kappa shape index (κ2) is 7.35. The lowest BCUT2D eigenvalue weighted by atomic mass is 9.88. The van der Waals surface area contributed by atoms with Crippen molar-refractivity contribution in [2.45, 2.75) is 18.6 Å². The minimum atomic E-state index is -1.93. The van der Waals surface area contributed by atoms with Crippen molar-refractivity contribution in [3.63, 3.8) is 0 Å². The fourth-order valence-electron chi connectivity index (χ4n) is 3.65. The normalized spacial score (nSPS) is 18.0. The van der Waals surface area contributed by atoms with Gasteiger partial charge in [0.1, 0.15) is 0 Å². The van der Waals surface area contributed by atoms with Crippen LogP contribution >= 0.6 is 11.6 Å². The van der Waals surface area contributed by atoms with Gasteiger partial charge in [-0.15, -0.1) is 0 Å². The summed E-state index contributed by atoms with van der Waals surface area (Å²) in [6.45, 7) is 0.266. The summed E-state index contributed by atoms with van der Waals surface area (Å²) in [6.07, 6.45) is -0.358. The molecule has 1 aliphatic heterocycles. The van der Waals surface area contributed by atoms with Crippen molar-refractivity contribution in [3.8, 4) is 0 Å². The van der Waals surface area contributed by atoms with Crippen LogP contribution in [-0.2, 0) is 16.9 Å². The number of nitrogens with two attached hydrogens (primary N) is 1. The van der Waals surface area contributed by atoms with E-state index in [1.54, 1.807) is 60.7 Å². The average molecular weight is 407 g/mol. The molecule has 0 aliphatic carbocycles. The summed E-state index contributed by atoms with van der Waals surface area (Å²) in [5, 5.41) is 11.9. The van der Waals surface area contributed by atoms with Crippen molar-refractivity contribution in [3.05, 3.63) is 94.5 Å². The molecule has 0 bridgehead atoms. The quantitative estimate of drug-likeness (QED) is 0.496. The van der Waals surface area contributed by atoms with Crippen molar-refractivity contribution >= 4 is 34.7 Å². The molecule has 1 atom stereocenters. The van der Waals surface area contributed by atoms with Crippen LogP contribution in [0.5, 0.6) is 0 Å². The van der Waals surface area contributed by atoms with Crippen LogP contribution in [0.4, 0.5) is 11.4 Å². The van der Waals surface area contributed by atoms with Gasteiger partial charge in [0.2, 0.25) is 0 Å². The van der Waals surface area contributed by atoms with Gasteiger partial charge in [0.25, 0.3) is 5.91 Å². The number of aliphatic hydroxyl groups is 1. The molecule has 0 saturated heterocycles. The fourth-order valence-corrected chi connectivity index (χ4v) is 3.78. The molecule has 0 fully saturated rings. The van der Waals surface area contributed by atoms with Crippen molar-refractivity contribution in [1.29, 1.82) is 0 Å². The van der Waals surface area contributed by atoms with Gasteiger partial charge in [-0.2, -0.15) is 0 Å². The molecule has 29 heavy (non-hydrogen) atoms. The molecule has 3 N–H and O–H groups in total. The Morgan fingerprint density at radius 3 is 2.48 bits per heavy atom. The number of anilines is 2. The van der Waals surface area contributed by atoms with Gasteiger partial charge in [0, 0.05) is 21.8 Å². The summed E-state index contributed by atoms with van der Waals surface area (Å²) in [6, 6.07) is 20.7. The number of hydrogen-bond donors (Lipinski definition) is 2. The number of carbonyl (C=O) groups is 2. The maximum absolute atomic E-state index is 13.3. The van der Waals surface area contributed by atoms with E-state index >= 15 is 0 Å². The molecule has 1 heterocycles. The highest BCUT2D eigenvalue weighted by atomic mass is 35.5. The third kappa shape index (κ3) is 3.50. The van der Waals surface area contributed by atoms with E-state index in [1.807, 2.05) is 12.1 Å². The van der Waals surface area contributed by atoms with E-state index in [2.05, 4.69) is 0 Å². The van der Waals surface area contributed by atoms with Crippen LogP contribution in [0, 0.1) is 0 Å². The lowest BCUT2D eigenvalue weighted by Crippen LogP contribution is -2.41. The molecule has 5 nitrogen and oxygen atoms in total. The number of para-hydroxylation sites is 1. The number of nitrogen functional groups attached to an aromatic ring is 1. The Morgan fingerprint density at radius 2 is 1.76 bits per heavy atom. The van der Waals surface area contributed by atoms with Crippen LogP contribution in [0.2, 0.25) is 5.02 Å². The summed E-state index contributed by atoms with van der Waals surface area (Å²) in [4.78, 5) is 27.6. The number of rotatable bonds is 5. The van der Waals surface area contributed by atoms with Crippen molar-refractivity contribution in [1.82, 2.24) is 0 Å². The number of Topliss-reactive ketones (excluding diaryl/α,β-unsaturated/α-hetero) is 1. The van der Waals surface area contributed by atoms with E-state index in [9.17, 15) is 14.7 Å². The number of amides is 1. The fraction of sp³-hybridized carbons (Fsp3) is 0.130. The minimum Gasteiger partial charge on any atom is -0.399 e. The summed E-state index contributed by atoms with van der Waals surface area (Å²) < 4.78 is 0. The molecule has 3 aromatic carbocycles. The molecule has 6 heteroatoms. The topological polar surface area (TPSA) is 83.6 Å². The maximum atomic E-state index is 13.3. The standard InChI is InChI=1S/C23H19ClN2O3/c24-17-10-8-15(9-11-17)14-26-20-7-2-1-6-19(20)23(29,22(26)28)13-21(27)16-4-3-5-18(25)12-16/h1-12,29H,13-14,25H2/t23-/m0/s1. The Kier molecular flexibility index (Phi) is 4.86. The zero-order chi connectivity index (χ0) is 20.6. The Labute approximate surface area is 173 Å². The number of nitrogens with zero attached hydrogens (tertiary/aromatic N) is 1. The van der Waals surface area contributed by atoms with Crippen LogP contribution < -0.4 is 10.6 Å². The van der Waals surface area contributed by atoms with Crippen molar-refractivity contribution in [2.75, 3.05) is 10.6 Å². The number of carbonyl (C=O) groups excluding carboxylic acids is 2. The Balaban J connectivity index is 1.67. The first-order valence-electron chi connectivity index (χ1n) is 9.15. The summed E-state index contributed by atoms with van der Waals surface area (Å²) in [7, 11) is 0. The molecular weight excluding hydrogens is 388 g/mol. The molecule has 146 valence electrons. The number of fused-ring (bicyclic) bond motifs is 1. The first-order valence-corrected chi connectivity index (χ1v) is 9.53. The molecule has 0 spiro atoms. The zero-order valence-corrected chi connectivity index (χ0v) is 16.3. The Morgan fingerprint density at radius 1 is 1.03 bits per heavy atom. The van der Waals surface area contributed by atoms with Crippen LogP contribution in [-0.4, -0.2) is 16.8 Å². The van der Waals surface area contributed by atoms with Crippen molar-refractivity contribution < 1.29 is 14.7 Å². The highest BCUT2D eigenvalue weighted by Crippen LogP contribution is 2.43. The third-order valence-corrected chi connectivity index (χ3v) is 5.37. The Hall–Kier alpha value is -3.15. The highest BCUT2D eigenvalue weighted by Gasteiger charge is 2.50. The smallest absolute Gasteiger partial charge is 0.264 e. The van der Waals surface area contributed by atoms with E-state index in [1.165, 1.54) is 4.90 Å². The second-order valence-electron chi connectivity index (χ2n) is 7.12. The predicted octanol–water partition coefficient (Wildman–Crippen LogP) is 3.93. The molecule has 1 aliphatic rings. The van der Waals surface area contributed by atoms with E-state index in [0.717, 1.165) is 5.56 Å². The van der Waals surface area contributed by atoms with Crippen LogP contribution in [0.25, 0.3) is 0 Å². The van der Waals surface area contributed by atoms with Gasteiger partial charge in [0.05, 0.1) is 18.7 Å². The van der Waals surface area contributed by atoms with Gasteiger partial charge >= 0.3 is 0 Å². The molecular formula is C23H19ClN2O3. The number of ketones is 1. The zero-order valence-electron chi connectivity index (χ0n) is 15.5. The molecule has 0 aromatic heterocycles. The van der Waals surface area contributed by atoms with Crippen molar-refractivity contribution in [2.24, 2.45) is 0 Å². The molecule has 3 aromatic rings. The van der Waals surface area contributed by atoms with Gasteiger partial charge in [-0.1, -0.05) is 54.1 Å². The summed E-state index contributed by atoms with van der Waals surface area (Å²) >= 11 is 5.94. The first kappa shape index (κ1) is 19.2. The predicted molar refractivity (Wildman–Crippen MR) is 113 cm³/mol. The lowest BCUT2D eigenvalue weighted by molar-refractivity contribution is -0.136. The minimum absolute atomic E-state index is 0.266. The molecule has 0 unspecified atom stereocenters. The number of hydrogen-bond acceptors (Lipinski definition) is 4. The first-order chi connectivity index (χ1) is 13.9. The monoisotopic (exact) mass is 406 g/mol. The van der Waals surface area contributed by atoms with E-state index in [4.69, 9.17) is 17.3 Å². The van der Waals surface area contributed by atoms with Gasteiger partial charge in [-0.05, 0) is 35.9 Å². The second-order valence-corrected chi connectivity index (χ2v) is 7.56. The lowest BCUT2D eigenvalue weighted by Gasteiger charge is -2.23. The molecule has 4 rings (SSSR count). The largest absolute Gasteiger partial charge is 0.399 e. The highest BCUT2D eigenvalue weighted by molar-refractivity contribution is 6.30. The third-order valence-electron chi connectivity index (χ3n) is 5.12. The molecule has 0 saturated carbocycles. The summed E-state index contributed by atoms with van der Waals surface area (Å²) in [5.74, 6) is -0.873. The van der Waals surface area contributed by atoms with Gasteiger partial charge in [-0.3, -0.25) is 9.59 Å². The van der Waals surface area contributed by atoms with Crippen LogP contribution in [0.15, 0.2) is 72.8 Å². The van der Waals surface area contributed by atoms with Gasteiger partial charge < -0.3 is 15.7 Å². The van der Waals surface area contributed by atoms with Gasteiger partial charge in [-0.25, -0.2) is 0 Å². The summed E-state index contributed by atoms with van der Waals surface area (Å²) in [5.41, 5.74) is 6.53. The van der Waals surface area contributed by atoms with E-state index in [-0.39, 0.29) is 18.7 Å².